The summed E-state index contributed by atoms with van der Waals surface area (Å²) in [5, 5.41) is 0. The van der Waals surface area contributed by atoms with E-state index in [9.17, 15) is 0 Å². The van der Waals surface area contributed by atoms with E-state index in [0.29, 0.717) is 0 Å². The van der Waals surface area contributed by atoms with Gasteiger partial charge in [0.2, 0.25) is 0 Å². The second-order valence-corrected chi connectivity index (χ2v) is 2.57. The van der Waals surface area contributed by atoms with E-state index in [2.05, 4.69) is 26.2 Å². The summed E-state index contributed by atoms with van der Waals surface area (Å²) >= 11 is 0. The Morgan fingerprint density at radius 3 is 2.54 bits per heavy atom. The summed E-state index contributed by atoms with van der Waals surface area (Å²) in [6, 6.07) is 0. The summed E-state index contributed by atoms with van der Waals surface area (Å²) in [5.74, 6) is 0.833. The van der Waals surface area contributed by atoms with Crippen LogP contribution in [0.5, 0.6) is 0 Å². The van der Waals surface area contributed by atoms with Crippen LogP contribution in [0.3, 0.4) is 0 Å². The van der Waals surface area contributed by atoms with Gasteiger partial charge in [-0.1, -0.05) is 20.4 Å². The fourth-order valence-electron chi connectivity index (χ4n) is 0.970. The molecule has 0 rings (SSSR count). The molecule has 0 heterocycles. The Labute approximate surface area is 81.1 Å². The van der Waals surface area contributed by atoms with Crippen molar-refractivity contribution in [1.29, 1.82) is 0 Å². The van der Waals surface area contributed by atoms with Gasteiger partial charge in [-0.25, -0.2) is 0 Å². The van der Waals surface area contributed by atoms with Gasteiger partial charge < -0.3 is 4.74 Å². The van der Waals surface area contributed by atoms with Gasteiger partial charge >= 0.3 is 0 Å². The molecule has 0 spiro atoms. The lowest BCUT2D eigenvalue weighted by atomic mass is 10.1. The van der Waals surface area contributed by atoms with Crippen molar-refractivity contribution in [2.75, 3.05) is 7.11 Å². The molecule has 72 valence electrons. The van der Waals surface area contributed by atoms with Crippen molar-refractivity contribution in [3.63, 3.8) is 0 Å². The number of methoxy groups -OCH3 is 1. The third-order valence-electron chi connectivity index (χ3n) is 1.68. The molecule has 0 radical (unpaired) electrons. The molecule has 0 aliphatic carbocycles. The van der Waals surface area contributed by atoms with Gasteiger partial charge in [0, 0.05) is 5.57 Å². The molecule has 0 unspecified atom stereocenters. The van der Waals surface area contributed by atoms with Gasteiger partial charge in [-0.3, -0.25) is 0 Å². The molecule has 0 saturated carbocycles. The van der Waals surface area contributed by atoms with Crippen LogP contribution in [-0.2, 0) is 4.74 Å². The van der Waals surface area contributed by atoms with E-state index in [1.165, 1.54) is 0 Å². The second kappa shape index (κ2) is 7.45. The topological polar surface area (TPSA) is 9.23 Å². The predicted octanol–water partition coefficient (Wildman–Crippen LogP) is 3.60. The quantitative estimate of drug-likeness (QED) is 0.355. The van der Waals surface area contributed by atoms with E-state index < -0.39 is 0 Å². The van der Waals surface area contributed by atoms with Gasteiger partial charge in [0.25, 0.3) is 0 Å². The van der Waals surface area contributed by atoms with Crippen LogP contribution >= 0.6 is 0 Å². The lowest BCUT2D eigenvalue weighted by Crippen LogP contribution is -1.87. The predicted molar refractivity (Wildman–Crippen MR) is 57.5 cm³/mol. The highest BCUT2D eigenvalue weighted by Gasteiger charge is 1.96. The Kier molecular flexibility index (Phi) is 6.76. The third-order valence-corrected chi connectivity index (χ3v) is 1.68. The zero-order valence-corrected chi connectivity index (χ0v) is 8.76. The van der Waals surface area contributed by atoms with Gasteiger partial charge in [-0.15, -0.1) is 5.73 Å². The van der Waals surface area contributed by atoms with Crippen LogP contribution < -0.4 is 0 Å². The minimum Gasteiger partial charge on any atom is -0.496 e. The van der Waals surface area contributed by atoms with E-state index in [0.717, 1.165) is 24.2 Å². The van der Waals surface area contributed by atoms with E-state index in [1.807, 2.05) is 12.2 Å². The number of hydrogen-bond acceptors (Lipinski definition) is 1. The lowest BCUT2D eigenvalue weighted by Gasteiger charge is -2.03. The normalized spacial score (nSPS) is 11.0. The van der Waals surface area contributed by atoms with E-state index in [1.54, 1.807) is 13.2 Å². The minimum atomic E-state index is 0.833. The summed E-state index contributed by atoms with van der Waals surface area (Å²) < 4.78 is 5.16. The molecule has 0 aromatic rings. The molecular weight excluding hydrogens is 160 g/mol. The fourth-order valence-corrected chi connectivity index (χ4v) is 0.970. The van der Waals surface area contributed by atoms with E-state index >= 15 is 0 Å². The van der Waals surface area contributed by atoms with Gasteiger partial charge in [0.05, 0.1) is 7.11 Å². The molecule has 13 heavy (non-hydrogen) atoms. The first kappa shape index (κ1) is 11.8. The maximum absolute atomic E-state index is 5.16. The third kappa shape index (κ3) is 4.39. The Morgan fingerprint density at radius 1 is 1.46 bits per heavy atom. The smallest absolute Gasteiger partial charge is 0.122 e. The number of ether oxygens (including phenoxy) is 1. The summed E-state index contributed by atoms with van der Waals surface area (Å²) in [5.41, 5.74) is 4.23. The molecule has 0 aliphatic rings. The molecule has 0 fully saturated rings. The fraction of sp³-hybridized carbons (Fsp3) is 0.417. The van der Waals surface area contributed by atoms with Crippen LogP contribution in [-0.4, -0.2) is 7.11 Å². The molecule has 0 aromatic carbocycles. The van der Waals surface area contributed by atoms with Gasteiger partial charge in [-0.2, -0.15) is 0 Å². The molecule has 0 saturated heterocycles. The molecule has 0 aliphatic heterocycles. The number of hydrogen-bond donors (Lipinski definition) is 0. The maximum atomic E-state index is 5.16. The largest absolute Gasteiger partial charge is 0.496 e. The Morgan fingerprint density at radius 2 is 2.15 bits per heavy atom. The van der Waals surface area contributed by atoms with Crippen LogP contribution in [0.4, 0.5) is 0 Å². The zero-order chi connectivity index (χ0) is 10.1. The lowest BCUT2D eigenvalue weighted by molar-refractivity contribution is 0.302. The summed E-state index contributed by atoms with van der Waals surface area (Å²) in [7, 11) is 1.66. The van der Waals surface area contributed by atoms with Gasteiger partial charge in [0.1, 0.15) is 5.76 Å². The van der Waals surface area contributed by atoms with Crippen LogP contribution in [0.1, 0.15) is 26.7 Å². The van der Waals surface area contributed by atoms with Gasteiger partial charge in [0.15, 0.2) is 0 Å². The van der Waals surface area contributed by atoms with Crippen molar-refractivity contribution >= 4 is 0 Å². The Balaban J connectivity index is 4.75. The molecule has 0 aromatic heterocycles. The first-order valence-corrected chi connectivity index (χ1v) is 4.60. The van der Waals surface area contributed by atoms with Gasteiger partial charge in [-0.05, 0) is 31.1 Å². The van der Waals surface area contributed by atoms with Crippen molar-refractivity contribution in [2.45, 2.75) is 26.7 Å². The summed E-state index contributed by atoms with van der Waals surface area (Å²) in [4.78, 5) is 0. The average Bonchev–Trinajstić information content (AvgIpc) is 2.17. The average molecular weight is 178 g/mol. The molecule has 0 bridgehead atoms. The monoisotopic (exact) mass is 178 g/mol. The molecule has 0 N–H and O–H groups in total. The molecule has 1 nitrogen and oxygen atoms in total. The highest BCUT2D eigenvalue weighted by Crippen LogP contribution is 2.11. The number of rotatable bonds is 5. The minimum absolute atomic E-state index is 0.833. The second-order valence-electron chi connectivity index (χ2n) is 2.57. The first-order chi connectivity index (χ1) is 6.29. The van der Waals surface area contributed by atoms with Crippen molar-refractivity contribution in [2.24, 2.45) is 0 Å². The van der Waals surface area contributed by atoms with Crippen molar-refractivity contribution < 1.29 is 4.74 Å². The van der Waals surface area contributed by atoms with Crippen molar-refractivity contribution in [1.82, 2.24) is 0 Å². The summed E-state index contributed by atoms with van der Waals surface area (Å²) in [6.07, 6.45) is 7.60. The van der Waals surface area contributed by atoms with Crippen molar-refractivity contribution in [3.05, 3.63) is 41.9 Å². The van der Waals surface area contributed by atoms with E-state index in [-0.39, 0.29) is 0 Å². The summed E-state index contributed by atoms with van der Waals surface area (Å²) in [6.45, 7) is 7.86. The zero-order valence-electron chi connectivity index (χ0n) is 8.76. The molecule has 0 amide bonds. The van der Waals surface area contributed by atoms with Crippen LogP contribution in [0.25, 0.3) is 0 Å². The molecule has 0 atom stereocenters. The highest BCUT2D eigenvalue weighted by molar-refractivity contribution is 5.27. The maximum Gasteiger partial charge on any atom is 0.122 e. The van der Waals surface area contributed by atoms with Crippen molar-refractivity contribution in [3.8, 4) is 0 Å². The standard InChI is InChI=1S/C12H18O/c1-5-8-9-10-11(6-2)12(7-3)13-4/h7-8,10H,3,5-6H2,1-2,4H3/b12-11+. The Bertz CT molecular complexity index is 240. The molecular formula is C12H18O. The van der Waals surface area contributed by atoms with Crippen LogP contribution in [0, 0.1) is 0 Å². The first-order valence-electron chi connectivity index (χ1n) is 4.60. The van der Waals surface area contributed by atoms with Crippen LogP contribution in [0.15, 0.2) is 41.9 Å². The highest BCUT2D eigenvalue weighted by atomic mass is 16.5. The van der Waals surface area contributed by atoms with Crippen LogP contribution in [0.2, 0.25) is 0 Å². The van der Waals surface area contributed by atoms with E-state index in [4.69, 9.17) is 4.74 Å². The number of allylic oxidation sites excluding steroid dienone is 3. The SMILES string of the molecule is C=C/C(OC)=C(\C=C=CCC)CC. The molecule has 1 heteroatoms. The Hall–Kier alpha value is -1.20.